The highest BCUT2D eigenvalue weighted by atomic mass is 15.5. The van der Waals surface area contributed by atoms with Gasteiger partial charge in [-0.2, -0.15) is 9.97 Å². The van der Waals surface area contributed by atoms with Crippen LogP contribution in [-0.2, 0) is 0 Å². The number of hydrazine groups is 1. The lowest BCUT2D eigenvalue weighted by molar-refractivity contribution is 0.193. The van der Waals surface area contributed by atoms with Crippen molar-refractivity contribution in [1.29, 1.82) is 0 Å². The third kappa shape index (κ3) is 5.63. The zero-order valence-corrected chi connectivity index (χ0v) is 21.9. The van der Waals surface area contributed by atoms with Gasteiger partial charge in [0.1, 0.15) is 0 Å². The minimum atomic E-state index is 0.339. The number of hydrogen-bond donors (Lipinski definition) is 3. The fourth-order valence-corrected chi connectivity index (χ4v) is 6.81. The van der Waals surface area contributed by atoms with E-state index in [2.05, 4.69) is 25.2 Å². The second-order valence-corrected chi connectivity index (χ2v) is 11.8. The molecule has 2 aromatic heterocycles. The molecular formula is C27H45N9. The Kier molecular flexibility index (Phi) is 7.58. The molecule has 0 amide bonds. The molecule has 2 saturated carbocycles. The molecule has 9 heteroatoms. The highest BCUT2D eigenvalue weighted by Gasteiger charge is 2.26. The number of fused-ring (bicyclic) bond motifs is 1. The summed E-state index contributed by atoms with van der Waals surface area (Å²) in [6, 6.07) is 1.24. The molecule has 0 atom stereocenters. The lowest BCUT2D eigenvalue weighted by Crippen LogP contribution is -2.39. The van der Waals surface area contributed by atoms with Crippen molar-refractivity contribution in [3.63, 3.8) is 0 Å². The first kappa shape index (κ1) is 24.4. The quantitative estimate of drug-likeness (QED) is 0.502. The third-order valence-electron chi connectivity index (χ3n) is 9.18. The van der Waals surface area contributed by atoms with Gasteiger partial charge in [-0.05, 0) is 96.2 Å². The first-order valence-corrected chi connectivity index (χ1v) is 14.7. The number of nitrogens with zero attached hydrogens (tertiary/aromatic N) is 6. The molecule has 2 aliphatic heterocycles. The highest BCUT2D eigenvalue weighted by molar-refractivity contribution is 5.84. The number of nitrogens with one attached hydrogen (secondary N) is 2. The van der Waals surface area contributed by atoms with E-state index in [1.807, 2.05) is 6.33 Å². The Balaban J connectivity index is 1.15. The second kappa shape index (κ2) is 11.2. The molecule has 6 rings (SSSR count). The van der Waals surface area contributed by atoms with Crippen LogP contribution < -0.4 is 16.5 Å². The minimum Gasteiger partial charge on any atom is -0.351 e. The van der Waals surface area contributed by atoms with E-state index in [0.717, 1.165) is 67.6 Å². The Morgan fingerprint density at radius 3 is 2.36 bits per heavy atom. The van der Waals surface area contributed by atoms with Gasteiger partial charge in [0.05, 0.1) is 6.33 Å². The normalized spacial score (nSPS) is 27.2. The molecule has 36 heavy (non-hydrogen) atoms. The number of imidazole rings is 1. The molecule has 2 aromatic rings. The van der Waals surface area contributed by atoms with Gasteiger partial charge in [-0.1, -0.05) is 12.8 Å². The van der Waals surface area contributed by atoms with Crippen LogP contribution in [-0.4, -0.2) is 74.2 Å². The summed E-state index contributed by atoms with van der Waals surface area (Å²) in [5, 5.41) is 6.00. The maximum Gasteiger partial charge on any atom is 0.227 e. The van der Waals surface area contributed by atoms with E-state index < -0.39 is 0 Å². The first-order valence-electron chi connectivity index (χ1n) is 14.7. The van der Waals surface area contributed by atoms with Crippen molar-refractivity contribution in [2.45, 2.75) is 102 Å². The average molecular weight is 496 g/mol. The third-order valence-corrected chi connectivity index (χ3v) is 9.18. The fourth-order valence-electron chi connectivity index (χ4n) is 6.81. The maximum absolute atomic E-state index is 6.14. The molecule has 198 valence electrons. The van der Waals surface area contributed by atoms with Crippen molar-refractivity contribution in [1.82, 2.24) is 29.4 Å². The predicted molar refractivity (Wildman–Crippen MR) is 145 cm³/mol. The van der Waals surface area contributed by atoms with Crippen LogP contribution in [0.2, 0.25) is 0 Å². The topological polar surface area (TPSA) is 100 Å². The van der Waals surface area contributed by atoms with Crippen LogP contribution in [0.25, 0.3) is 11.2 Å². The Morgan fingerprint density at radius 1 is 0.861 bits per heavy atom. The largest absolute Gasteiger partial charge is 0.351 e. The van der Waals surface area contributed by atoms with Gasteiger partial charge in [0.2, 0.25) is 5.95 Å². The van der Waals surface area contributed by atoms with Crippen molar-refractivity contribution in [3.05, 3.63) is 6.33 Å². The van der Waals surface area contributed by atoms with Gasteiger partial charge in [-0.25, -0.2) is 9.99 Å². The van der Waals surface area contributed by atoms with Gasteiger partial charge in [0.25, 0.3) is 0 Å². The molecule has 2 aliphatic carbocycles. The molecule has 9 nitrogen and oxygen atoms in total. The number of hydrogen-bond acceptors (Lipinski definition) is 8. The van der Waals surface area contributed by atoms with Gasteiger partial charge in [-0.3, -0.25) is 0 Å². The van der Waals surface area contributed by atoms with Gasteiger partial charge in [-0.15, -0.1) is 0 Å². The summed E-state index contributed by atoms with van der Waals surface area (Å²) in [6.45, 7) is 6.01. The Bertz CT molecular complexity index is 979. The minimum absolute atomic E-state index is 0.339. The summed E-state index contributed by atoms with van der Waals surface area (Å²) >= 11 is 0. The molecule has 0 radical (unpaired) electrons. The van der Waals surface area contributed by atoms with E-state index >= 15 is 0 Å². The van der Waals surface area contributed by atoms with Crippen LogP contribution in [0.15, 0.2) is 6.33 Å². The number of likely N-dealkylation sites (tertiary alicyclic amines) is 1. The van der Waals surface area contributed by atoms with Crippen LogP contribution in [0, 0.1) is 5.92 Å². The molecule has 4 heterocycles. The molecule has 0 unspecified atom stereocenters. The summed E-state index contributed by atoms with van der Waals surface area (Å²) in [7, 11) is 0. The van der Waals surface area contributed by atoms with E-state index in [4.69, 9.17) is 20.7 Å². The molecule has 2 saturated heterocycles. The Hall–Kier alpha value is -1.97. The van der Waals surface area contributed by atoms with E-state index in [1.54, 1.807) is 0 Å². The molecule has 0 spiro atoms. The van der Waals surface area contributed by atoms with Crippen molar-refractivity contribution in [2.75, 3.05) is 43.5 Å². The predicted octanol–water partition coefficient (Wildman–Crippen LogP) is 4.15. The zero-order valence-electron chi connectivity index (χ0n) is 21.9. The van der Waals surface area contributed by atoms with Crippen molar-refractivity contribution >= 4 is 22.9 Å². The molecule has 4 aliphatic rings. The summed E-state index contributed by atoms with van der Waals surface area (Å²) < 4.78 is 2.31. The maximum atomic E-state index is 6.14. The molecule has 0 bridgehead atoms. The number of piperidine rings is 1. The highest BCUT2D eigenvalue weighted by Crippen LogP contribution is 2.34. The molecule has 0 aromatic carbocycles. The summed E-state index contributed by atoms with van der Waals surface area (Å²) in [5.74, 6) is 2.42. The number of anilines is 2. The van der Waals surface area contributed by atoms with E-state index in [0.29, 0.717) is 18.1 Å². The molecule has 4 fully saturated rings. The van der Waals surface area contributed by atoms with Crippen molar-refractivity contribution in [2.24, 2.45) is 11.7 Å². The molecular weight excluding hydrogens is 450 g/mol. The van der Waals surface area contributed by atoms with Crippen molar-refractivity contribution < 1.29 is 0 Å². The lowest BCUT2D eigenvalue weighted by Gasteiger charge is -2.33. The zero-order chi connectivity index (χ0) is 24.3. The number of rotatable bonds is 8. The summed E-state index contributed by atoms with van der Waals surface area (Å²) in [6.07, 6.45) is 17.9. The van der Waals surface area contributed by atoms with Crippen molar-refractivity contribution in [3.8, 4) is 0 Å². The van der Waals surface area contributed by atoms with Gasteiger partial charge >= 0.3 is 0 Å². The number of nitrogens with two attached hydrogens (primary N) is 1. The summed E-state index contributed by atoms with van der Waals surface area (Å²) in [4.78, 5) is 17.4. The standard InChI is InChI=1S/C27H45N9/c28-21-7-9-22(10-8-21)30-27-31-25(24-26(32-27)36(19-29-24)23-5-1-2-6-23)33-35-17-12-20(13-18-35)11-16-34-14-3-4-15-34/h19-23H,1-18,28H2,(H2,30,31,32,33). The fraction of sp³-hybridized carbons (Fsp3) is 0.815. The van der Waals surface area contributed by atoms with Crippen LogP contribution in [0.3, 0.4) is 0 Å². The van der Waals surface area contributed by atoms with Crippen LogP contribution in [0.1, 0.15) is 89.5 Å². The average Bonchev–Trinajstić information content (AvgIpc) is 3.67. The second-order valence-electron chi connectivity index (χ2n) is 11.8. The monoisotopic (exact) mass is 495 g/mol. The van der Waals surface area contributed by atoms with Crippen LogP contribution in [0.5, 0.6) is 0 Å². The van der Waals surface area contributed by atoms with E-state index in [9.17, 15) is 0 Å². The lowest BCUT2D eigenvalue weighted by atomic mass is 9.92. The smallest absolute Gasteiger partial charge is 0.227 e. The van der Waals surface area contributed by atoms with Crippen LogP contribution in [0.4, 0.5) is 11.8 Å². The first-order chi connectivity index (χ1) is 17.7. The van der Waals surface area contributed by atoms with E-state index in [1.165, 1.54) is 77.4 Å². The SMILES string of the molecule is NC1CCC(Nc2nc(NN3CCC(CCN4CCCC4)CC3)c3ncn(C4CCCC4)c3n2)CC1. The van der Waals surface area contributed by atoms with Crippen LogP contribution >= 0.6 is 0 Å². The van der Waals surface area contributed by atoms with Gasteiger partial charge in [0, 0.05) is 31.2 Å². The van der Waals surface area contributed by atoms with Gasteiger partial charge < -0.3 is 25.9 Å². The Morgan fingerprint density at radius 2 is 1.61 bits per heavy atom. The Labute approximate surface area is 215 Å². The van der Waals surface area contributed by atoms with Gasteiger partial charge in [0.15, 0.2) is 17.0 Å². The molecule has 4 N–H and O–H groups in total. The number of aromatic nitrogens is 4. The van der Waals surface area contributed by atoms with E-state index in [-0.39, 0.29) is 0 Å². The summed E-state index contributed by atoms with van der Waals surface area (Å²) in [5.41, 5.74) is 11.7.